The molecule has 7 heteroatoms. The summed E-state index contributed by atoms with van der Waals surface area (Å²) in [6.45, 7) is 2.01. The van der Waals surface area contributed by atoms with Crippen molar-refractivity contribution >= 4 is 17.7 Å². The van der Waals surface area contributed by atoms with Gasteiger partial charge in [-0.2, -0.15) is 5.10 Å². The lowest BCUT2D eigenvalue weighted by Crippen LogP contribution is -2.38. The third-order valence-corrected chi connectivity index (χ3v) is 2.68. The lowest BCUT2D eigenvalue weighted by molar-refractivity contribution is -0.144. The van der Waals surface area contributed by atoms with Gasteiger partial charge >= 0.3 is 5.97 Å². The van der Waals surface area contributed by atoms with Crippen molar-refractivity contribution in [2.24, 2.45) is 0 Å². The monoisotopic (exact) mass is 252 g/mol. The Morgan fingerprint density at radius 3 is 2.83 bits per heavy atom. The standard InChI is InChI=1S/C11H16N4O3/c1-2-18-10(16)6-15(7-3-4-7)11(17)8-5-9(12)14-13-8/h5,7H,2-4,6H2,1H3,(H3,12,13,14). The Kier molecular flexibility index (Phi) is 3.50. The van der Waals surface area contributed by atoms with E-state index in [1.165, 1.54) is 11.0 Å². The first-order valence-corrected chi connectivity index (χ1v) is 5.89. The fourth-order valence-corrected chi connectivity index (χ4v) is 1.70. The van der Waals surface area contributed by atoms with Crippen molar-refractivity contribution in [1.82, 2.24) is 15.1 Å². The van der Waals surface area contributed by atoms with E-state index >= 15 is 0 Å². The highest BCUT2D eigenvalue weighted by Crippen LogP contribution is 2.28. The van der Waals surface area contributed by atoms with Crippen LogP contribution in [0.25, 0.3) is 0 Å². The average Bonchev–Trinajstić information content (AvgIpc) is 3.08. The van der Waals surface area contributed by atoms with Gasteiger partial charge in [-0.3, -0.25) is 14.7 Å². The molecule has 1 aliphatic rings. The molecule has 0 atom stereocenters. The predicted octanol–water partition coefficient (Wildman–Crippen LogP) is 0.160. The van der Waals surface area contributed by atoms with Crippen molar-refractivity contribution in [2.75, 3.05) is 18.9 Å². The number of nitrogens with one attached hydrogen (secondary N) is 1. The number of anilines is 1. The van der Waals surface area contributed by atoms with Crippen molar-refractivity contribution in [3.63, 3.8) is 0 Å². The minimum Gasteiger partial charge on any atom is -0.465 e. The maximum Gasteiger partial charge on any atom is 0.325 e. The number of H-pyrrole nitrogens is 1. The molecule has 0 aliphatic heterocycles. The van der Waals surface area contributed by atoms with E-state index in [0.29, 0.717) is 12.3 Å². The maximum atomic E-state index is 12.2. The van der Waals surface area contributed by atoms with E-state index in [4.69, 9.17) is 10.5 Å². The zero-order chi connectivity index (χ0) is 13.1. The molecule has 1 heterocycles. The Hall–Kier alpha value is -2.05. The van der Waals surface area contributed by atoms with Crippen LogP contribution in [0.4, 0.5) is 5.82 Å². The SMILES string of the molecule is CCOC(=O)CN(C(=O)c1cc(N)n[nH]1)C1CC1. The number of rotatable bonds is 5. The summed E-state index contributed by atoms with van der Waals surface area (Å²) in [5, 5.41) is 6.26. The normalized spacial score (nSPS) is 14.3. The fourth-order valence-electron chi connectivity index (χ4n) is 1.70. The number of aromatic nitrogens is 2. The number of esters is 1. The van der Waals surface area contributed by atoms with E-state index in [1.807, 2.05) is 0 Å². The van der Waals surface area contributed by atoms with Gasteiger partial charge in [-0.05, 0) is 19.8 Å². The summed E-state index contributed by atoms with van der Waals surface area (Å²) >= 11 is 0. The van der Waals surface area contributed by atoms with E-state index in [1.54, 1.807) is 6.92 Å². The second-order valence-electron chi connectivity index (χ2n) is 4.18. The number of carbonyl (C=O) groups excluding carboxylic acids is 2. The molecule has 7 nitrogen and oxygen atoms in total. The molecule has 0 spiro atoms. The summed E-state index contributed by atoms with van der Waals surface area (Å²) in [6.07, 6.45) is 1.82. The van der Waals surface area contributed by atoms with E-state index in [9.17, 15) is 9.59 Å². The van der Waals surface area contributed by atoms with Crippen molar-refractivity contribution in [3.05, 3.63) is 11.8 Å². The van der Waals surface area contributed by atoms with Crippen LogP contribution in [0.15, 0.2) is 6.07 Å². The van der Waals surface area contributed by atoms with Gasteiger partial charge in [0.2, 0.25) is 0 Å². The van der Waals surface area contributed by atoms with E-state index in [-0.39, 0.29) is 24.3 Å². The predicted molar refractivity (Wildman–Crippen MR) is 63.7 cm³/mol. The van der Waals surface area contributed by atoms with Gasteiger partial charge in [-0.15, -0.1) is 0 Å². The Morgan fingerprint density at radius 1 is 1.61 bits per heavy atom. The summed E-state index contributed by atoms with van der Waals surface area (Å²) in [5.41, 5.74) is 5.75. The van der Waals surface area contributed by atoms with Crippen LogP contribution in [0.5, 0.6) is 0 Å². The molecular weight excluding hydrogens is 236 g/mol. The Labute approximate surface area is 104 Å². The van der Waals surface area contributed by atoms with E-state index in [0.717, 1.165) is 12.8 Å². The number of nitrogens with zero attached hydrogens (tertiary/aromatic N) is 2. The molecule has 1 aromatic heterocycles. The van der Waals surface area contributed by atoms with Gasteiger partial charge in [-0.1, -0.05) is 0 Å². The molecule has 0 saturated heterocycles. The lowest BCUT2D eigenvalue weighted by Gasteiger charge is -2.20. The Morgan fingerprint density at radius 2 is 2.33 bits per heavy atom. The first-order valence-electron chi connectivity index (χ1n) is 5.89. The lowest BCUT2D eigenvalue weighted by atomic mass is 10.3. The van der Waals surface area contributed by atoms with Gasteiger partial charge in [0.05, 0.1) is 6.61 Å². The van der Waals surface area contributed by atoms with Gasteiger partial charge in [0.1, 0.15) is 18.1 Å². The van der Waals surface area contributed by atoms with Crippen LogP contribution >= 0.6 is 0 Å². The van der Waals surface area contributed by atoms with Gasteiger partial charge in [0.25, 0.3) is 5.91 Å². The largest absolute Gasteiger partial charge is 0.465 e. The van der Waals surface area contributed by atoms with Crippen molar-refractivity contribution in [2.45, 2.75) is 25.8 Å². The first-order chi connectivity index (χ1) is 8.61. The molecule has 3 N–H and O–H groups in total. The van der Waals surface area contributed by atoms with Gasteiger partial charge in [0.15, 0.2) is 0 Å². The van der Waals surface area contributed by atoms with Crippen LogP contribution in [0.2, 0.25) is 0 Å². The highest BCUT2D eigenvalue weighted by Gasteiger charge is 2.35. The fraction of sp³-hybridized carbons (Fsp3) is 0.545. The average molecular weight is 252 g/mol. The summed E-state index contributed by atoms with van der Waals surface area (Å²) < 4.78 is 4.86. The minimum absolute atomic E-state index is 0.0315. The molecule has 18 heavy (non-hydrogen) atoms. The minimum atomic E-state index is -0.398. The highest BCUT2D eigenvalue weighted by atomic mass is 16.5. The molecule has 2 rings (SSSR count). The second kappa shape index (κ2) is 5.07. The van der Waals surface area contributed by atoms with Crippen LogP contribution < -0.4 is 5.73 Å². The van der Waals surface area contributed by atoms with E-state index in [2.05, 4.69) is 10.2 Å². The number of aromatic amines is 1. The van der Waals surface area contributed by atoms with E-state index < -0.39 is 5.97 Å². The number of ether oxygens (including phenoxy) is 1. The van der Waals surface area contributed by atoms with Crippen molar-refractivity contribution in [1.29, 1.82) is 0 Å². The highest BCUT2D eigenvalue weighted by molar-refractivity contribution is 5.95. The Bertz CT molecular complexity index is 453. The van der Waals surface area contributed by atoms with Gasteiger partial charge < -0.3 is 15.4 Å². The molecule has 1 saturated carbocycles. The first kappa shape index (κ1) is 12.4. The zero-order valence-electron chi connectivity index (χ0n) is 10.2. The van der Waals surface area contributed by atoms with Crippen LogP contribution in [0.3, 0.4) is 0 Å². The van der Waals surface area contributed by atoms with Gasteiger partial charge in [-0.25, -0.2) is 0 Å². The number of amides is 1. The molecule has 1 fully saturated rings. The molecule has 0 bridgehead atoms. The van der Waals surface area contributed by atoms with Crippen molar-refractivity contribution in [3.8, 4) is 0 Å². The molecule has 0 unspecified atom stereocenters. The third kappa shape index (κ3) is 2.79. The van der Waals surface area contributed by atoms with Crippen LogP contribution in [-0.2, 0) is 9.53 Å². The summed E-state index contributed by atoms with van der Waals surface area (Å²) in [5.74, 6) is -0.412. The van der Waals surface area contributed by atoms with Crippen molar-refractivity contribution < 1.29 is 14.3 Å². The number of hydrogen-bond acceptors (Lipinski definition) is 5. The number of hydrogen-bond donors (Lipinski definition) is 2. The molecule has 0 radical (unpaired) electrons. The maximum absolute atomic E-state index is 12.2. The smallest absolute Gasteiger partial charge is 0.325 e. The molecule has 98 valence electrons. The summed E-state index contributed by atoms with van der Waals surface area (Å²) in [7, 11) is 0. The number of nitrogen functional groups attached to an aromatic ring is 1. The van der Waals surface area contributed by atoms with Crippen LogP contribution in [0, 0.1) is 0 Å². The zero-order valence-corrected chi connectivity index (χ0v) is 10.2. The van der Waals surface area contributed by atoms with Crippen LogP contribution in [-0.4, -0.2) is 46.2 Å². The topological polar surface area (TPSA) is 101 Å². The summed E-state index contributed by atoms with van der Waals surface area (Å²) in [4.78, 5) is 25.1. The summed E-state index contributed by atoms with van der Waals surface area (Å²) in [6, 6.07) is 1.58. The second-order valence-corrected chi connectivity index (χ2v) is 4.18. The number of carbonyl (C=O) groups is 2. The molecular formula is C11H16N4O3. The number of nitrogens with two attached hydrogens (primary N) is 1. The molecule has 1 aromatic rings. The molecule has 1 amide bonds. The molecule has 0 aromatic carbocycles. The molecule has 1 aliphatic carbocycles. The van der Waals surface area contributed by atoms with Crippen LogP contribution in [0.1, 0.15) is 30.3 Å². The van der Waals surface area contributed by atoms with Gasteiger partial charge in [0, 0.05) is 12.1 Å². The third-order valence-electron chi connectivity index (χ3n) is 2.68. The quantitative estimate of drug-likeness (QED) is 0.727. The Balaban J connectivity index is 2.05.